The monoisotopic (exact) mass is 969 g/mol. The van der Waals surface area contributed by atoms with Gasteiger partial charge in [-0.05, 0) is 141 Å². The third-order valence-corrected chi connectivity index (χ3v) is 16.0. The molecule has 0 radical (unpaired) electrons. The average Bonchev–Trinajstić information content (AvgIpc) is 4.11. The lowest BCUT2D eigenvalue weighted by Gasteiger charge is -2.44. The quantitative estimate of drug-likeness (QED) is 0.160. The fourth-order valence-corrected chi connectivity index (χ4v) is 12.2. The van der Waals surface area contributed by atoms with E-state index in [0.29, 0.717) is 0 Å². The van der Waals surface area contributed by atoms with Gasteiger partial charge >= 0.3 is 0 Å². The fourth-order valence-electron chi connectivity index (χ4n) is 12.2. The standard InChI is InChI=1S/C68H52BN3O3/c1-67(2,3)41-22-26-43(27-23-41)71-56-17-13-18-57-66(56)69(55-39-53-50-16-9-12-21-62(50)75-65(53)40-59(55)72(57)44-28-24-42(25-29-44)68(4,5)6)54-33-30-47(38-58(54)71)70(45-31-34-63-51(36-45)48-14-7-10-19-60(48)73-63)46-32-35-64-52(37-46)49-15-8-11-20-61(49)74-64/h7-40H,1-6H3. The maximum Gasteiger partial charge on any atom is 0.252 e. The summed E-state index contributed by atoms with van der Waals surface area (Å²) in [5.41, 5.74) is 21.3. The van der Waals surface area contributed by atoms with Crippen molar-refractivity contribution in [3.05, 3.63) is 217 Å². The molecule has 0 spiro atoms. The minimum absolute atomic E-state index is 0.0116. The van der Waals surface area contributed by atoms with Crippen molar-refractivity contribution < 1.29 is 13.3 Å². The van der Waals surface area contributed by atoms with E-state index in [0.717, 1.165) is 117 Å². The molecule has 5 heterocycles. The molecule has 0 saturated heterocycles. The molecule has 10 aromatic carbocycles. The van der Waals surface area contributed by atoms with E-state index in [9.17, 15) is 0 Å². The molecule has 6 nitrogen and oxygen atoms in total. The Morgan fingerprint density at radius 3 is 1.24 bits per heavy atom. The largest absolute Gasteiger partial charge is 0.456 e. The van der Waals surface area contributed by atoms with Crippen LogP contribution in [0, 0.1) is 0 Å². The smallest absolute Gasteiger partial charge is 0.252 e. The average molecular weight is 970 g/mol. The van der Waals surface area contributed by atoms with Crippen LogP contribution in [0.5, 0.6) is 0 Å². The minimum atomic E-state index is -0.112. The summed E-state index contributed by atoms with van der Waals surface area (Å²) in [5, 5.41) is 6.53. The highest BCUT2D eigenvalue weighted by Gasteiger charge is 2.44. The zero-order chi connectivity index (χ0) is 50.5. The van der Waals surface area contributed by atoms with Crippen molar-refractivity contribution >= 4 is 140 Å². The number of furan rings is 3. The summed E-state index contributed by atoms with van der Waals surface area (Å²) >= 11 is 0. The summed E-state index contributed by atoms with van der Waals surface area (Å²) in [6, 6.07) is 75.3. The van der Waals surface area contributed by atoms with E-state index in [2.05, 4.69) is 238 Å². The molecule has 7 heteroatoms. The molecule has 75 heavy (non-hydrogen) atoms. The lowest BCUT2D eigenvalue weighted by atomic mass is 9.33. The van der Waals surface area contributed by atoms with Gasteiger partial charge in [0, 0.05) is 89.6 Å². The van der Waals surface area contributed by atoms with Crippen molar-refractivity contribution in [2.45, 2.75) is 52.4 Å². The number of nitrogens with zero attached hydrogens (tertiary/aromatic N) is 3. The van der Waals surface area contributed by atoms with Crippen molar-refractivity contribution in [3.8, 4) is 0 Å². The highest BCUT2D eigenvalue weighted by molar-refractivity contribution is 7.00. The van der Waals surface area contributed by atoms with Gasteiger partial charge in [0.05, 0.1) is 0 Å². The molecule has 13 aromatic rings. The predicted octanol–water partition coefficient (Wildman–Crippen LogP) is 17.5. The Labute approximate surface area is 435 Å². The Morgan fingerprint density at radius 2 is 0.747 bits per heavy atom. The van der Waals surface area contributed by atoms with Gasteiger partial charge < -0.3 is 28.0 Å². The number of anilines is 9. The minimum Gasteiger partial charge on any atom is -0.456 e. The van der Waals surface area contributed by atoms with Gasteiger partial charge in [-0.15, -0.1) is 0 Å². The summed E-state index contributed by atoms with van der Waals surface area (Å²) < 4.78 is 19.5. The zero-order valence-corrected chi connectivity index (χ0v) is 42.8. The first kappa shape index (κ1) is 43.6. The van der Waals surface area contributed by atoms with Crippen molar-refractivity contribution in [1.29, 1.82) is 0 Å². The molecule has 15 rings (SSSR count). The molecule has 0 saturated carbocycles. The van der Waals surface area contributed by atoms with E-state index in [-0.39, 0.29) is 17.5 Å². The molecule has 3 aromatic heterocycles. The fraction of sp³-hybridized carbons (Fsp3) is 0.118. The van der Waals surface area contributed by atoms with Gasteiger partial charge in [0.25, 0.3) is 6.71 Å². The Morgan fingerprint density at radius 1 is 0.333 bits per heavy atom. The molecule has 0 amide bonds. The maximum absolute atomic E-state index is 6.70. The molecule has 0 atom stereocenters. The van der Waals surface area contributed by atoms with Crippen LogP contribution in [0.4, 0.5) is 51.2 Å². The lowest BCUT2D eigenvalue weighted by molar-refractivity contribution is 0.590. The van der Waals surface area contributed by atoms with Crippen LogP contribution in [-0.4, -0.2) is 6.71 Å². The lowest BCUT2D eigenvalue weighted by Crippen LogP contribution is -2.61. The number of rotatable bonds is 5. The second-order valence-electron chi connectivity index (χ2n) is 22.5. The second-order valence-corrected chi connectivity index (χ2v) is 22.5. The summed E-state index contributed by atoms with van der Waals surface area (Å²) in [4.78, 5) is 7.38. The van der Waals surface area contributed by atoms with Gasteiger partial charge in [-0.2, -0.15) is 0 Å². The molecular formula is C68H52BN3O3. The van der Waals surface area contributed by atoms with Gasteiger partial charge in [-0.25, -0.2) is 0 Å². The van der Waals surface area contributed by atoms with E-state index in [1.807, 2.05) is 24.3 Å². The molecule has 2 aliphatic rings. The summed E-state index contributed by atoms with van der Waals surface area (Å²) in [5.74, 6) is 0. The van der Waals surface area contributed by atoms with Crippen LogP contribution in [-0.2, 0) is 10.8 Å². The van der Waals surface area contributed by atoms with Gasteiger partial charge in [-0.1, -0.05) is 139 Å². The van der Waals surface area contributed by atoms with Crippen LogP contribution in [0.2, 0.25) is 0 Å². The van der Waals surface area contributed by atoms with Gasteiger partial charge in [0.15, 0.2) is 0 Å². The number of hydrogen-bond acceptors (Lipinski definition) is 6. The van der Waals surface area contributed by atoms with E-state index < -0.39 is 0 Å². The SMILES string of the molecule is CC(C)(C)c1ccc(N2c3cc(N(c4ccc5oc6ccccc6c5c4)c4ccc5oc6ccccc6c5c4)ccc3B3c4cc5c(cc4N(c4ccc(C(C)(C)C)cc4)c4cccc2c43)oc2ccccc25)cc1. The van der Waals surface area contributed by atoms with Crippen molar-refractivity contribution in [1.82, 2.24) is 0 Å². The van der Waals surface area contributed by atoms with Gasteiger partial charge in [0.2, 0.25) is 0 Å². The Balaban J connectivity index is 1.00. The normalized spacial score (nSPS) is 13.4. The van der Waals surface area contributed by atoms with Crippen LogP contribution < -0.4 is 31.1 Å². The third kappa shape index (κ3) is 6.66. The first-order valence-corrected chi connectivity index (χ1v) is 26.1. The number of benzene rings is 10. The highest BCUT2D eigenvalue weighted by atomic mass is 16.3. The molecular weight excluding hydrogens is 918 g/mol. The first-order valence-electron chi connectivity index (χ1n) is 26.1. The van der Waals surface area contributed by atoms with E-state index in [4.69, 9.17) is 13.3 Å². The Hall–Kier alpha value is -8.94. The van der Waals surface area contributed by atoms with Crippen LogP contribution in [0.3, 0.4) is 0 Å². The van der Waals surface area contributed by atoms with Crippen LogP contribution >= 0.6 is 0 Å². The van der Waals surface area contributed by atoms with E-state index >= 15 is 0 Å². The molecule has 0 aliphatic carbocycles. The molecule has 0 fully saturated rings. The zero-order valence-electron chi connectivity index (χ0n) is 42.8. The maximum atomic E-state index is 6.70. The topological polar surface area (TPSA) is 49.1 Å². The van der Waals surface area contributed by atoms with Crippen LogP contribution in [0.1, 0.15) is 52.7 Å². The van der Waals surface area contributed by atoms with Gasteiger partial charge in [-0.3, -0.25) is 0 Å². The molecule has 360 valence electrons. The van der Waals surface area contributed by atoms with E-state index in [1.54, 1.807) is 0 Å². The van der Waals surface area contributed by atoms with Crippen molar-refractivity contribution in [2.75, 3.05) is 14.7 Å². The van der Waals surface area contributed by atoms with Crippen LogP contribution in [0.15, 0.2) is 220 Å². The van der Waals surface area contributed by atoms with E-state index in [1.165, 1.54) is 27.5 Å². The molecule has 0 bridgehead atoms. The molecule has 0 N–H and O–H groups in total. The first-order chi connectivity index (χ1) is 36.4. The molecule has 0 unspecified atom stereocenters. The van der Waals surface area contributed by atoms with Crippen molar-refractivity contribution in [2.24, 2.45) is 0 Å². The van der Waals surface area contributed by atoms with Crippen LogP contribution in [0.25, 0.3) is 65.8 Å². The summed E-state index contributed by atoms with van der Waals surface area (Å²) in [7, 11) is 0. The summed E-state index contributed by atoms with van der Waals surface area (Å²) in [6.45, 7) is 13.6. The second kappa shape index (κ2) is 15.8. The Kier molecular flexibility index (Phi) is 9.18. The number of para-hydroxylation sites is 3. The number of fused-ring (bicyclic) bond motifs is 13. The Bertz CT molecular complexity index is 4360. The highest BCUT2D eigenvalue weighted by Crippen LogP contribution is 2.48. The third-order valence-electron chi connectivity index (χ3n) is 16.0. The predicted molar refractivity (Wildman–Crippen MR) is 314 cm³/mol. The summed E-state index contributed by atoms with van der Waals surface area (Å²) in [6.07, 6.45) is 0. The van der Waals surface area contributed by atoms with Crippen molar-refractivity contribution in [3.63, 3.8) is 0 Å². The number of hydrogen-bond donors (Lipinski definition) is 0. The van der Waals surface area contributed by atoms with Gasteiger partial charge in [0.1, 0.15) is 33.5 Å². The molecule has 2 aliphatic heterocycles.